The third-order valence-electron chi connectivity index (χ3n) is 4.91. The number of carboxylic acids is 1. The molecule has 0 fully saturated rings. The number of carboxylic acid groups (broad SMARTS) is 1. The summed E-state index contributed by atoms with van der Waals surface area (Å²) in [5.41, 5.74) is 8.49. The number of aromatic nitrogens is 2. The smallest absolute Gasteiger partial charge is 0.357 e. The van der Waals surface area contributed by atoms with Crippen LogP contribution >= 0.6 is 0 Å². The lowest BCUT2D eigenvalue weighted by atomic mass is 10.0. The van der Waals surface area contributed by atoms with Gasteiger partial charge in [-0.05, 0) is 24.3 Å². The summed E-state index contributed by atoms with van der Waals surface area (Å²) in [7, 11) is 1.23. The van der Waals surface area contributed by atoms with Crippen molar-refractivity contribution in [2.45, 2.75) is 0 Å². The number of ether oxygens (including phenoxy) is 1. The number of hydrogen-bond donors (Lipinski definition) is 2. The van der Waals surface area contributed by atoms with Gasteiger partial charge in [0.25, 0.3) is 0 Å². The summed E-state index contributed by atoms with van der Waals surface area (Å²) in [5.74, 6) is -1.73. The van der Waals surface area contributed by atoms with E-state index in [2.05, 4.69) is 4.98 Å². The molecule has 0 radical (unpaired) electrons. The number of fused-ring (bicyclic) bond motifs is 1. The molecule has 0 amide bonds. The van der Waals surface area contributed by atoms with Crippen molar-refractivity contribution in [3.05, 3.63) is 77.6 Å². The molecule has 2 aromatic heterocycles. The van der Waals surface area contributed by atoms with Gasteiger partial charge in [0.15, 0.2) is 5.69 Å². The van der Waals surface area contributed by atoms with Crippen LogP contribution in [0.25, 0.3) is 27.8 Å². The van der Waals surface area contributed by atoms with E-state index in [9.17, 15) is 20.0 Å². The van der Waals surface area contributed by atoms with E-state index in [1.54, 1.807) is 48.5 Å². The highest BCUT2D eigenvalue weighted by Crippen LogP contribution is 2.29. The number of aromatic carboxylic acids is 1. The van der Waals surface area contributed by atoms with Gasteiger partial charge in [0.2, 0.25) is 0 Å². The Labute approximate surface area is 176 Å². The van der Waals surface area contributed by atoms with Crippen molar-refractivity contribution < 1.29 is 19.4 Å². The Morgan fingerprint density at radius 1 is 1.16 bits per heavy atom. The molecule has 152 valence electrons. The highest BCUT2D eigenvalue weighted by atomic mass is 16.5. The summed E-state index contributed by atoms with van der Waals surface area (Å²) in [4.78, 5) is 28.6. The number of hydrogen-bond acceptors (Lipinski definition) is 6. The number of anilines is 1. The minimum Gasteiger partial charge on any atom is -0.478 e. The molecule has 2 aromatic carbocycles. The number of nitriles is 1. The van der Waals surface area contributed by atoms with Gasteiger partial charge in [-0.2, -0.15) is 5.26 Å². The number of benzene rings is 2. The molecule has 0 saturated carbocycles. The zero-order valence-corrected chi connectivity index (χ0v) is 16.4. The van der Waals surface area contributed by atoms with Gasteiger partial charge < -0.3 is 20.1 Å². The fraction of sp³-hybridized carbons (Fsp3) is 0.0435. The largest absolute Gasteiger partial charge is 0.478 e. The first-order chi connectivity index (χ1) is 14.9. The highest BCUT2D eigenvalue weighted by molar-refractivity contribution is 6.03. The Morgan fingerprint density at radius 3 is 2.65 bits per heavy atom. The van der Waals surface area contributed by atoms with Gasteiger partial charge in [0, 0.05) is 22.8 Å². The number of esters is 1. The third kappa shape index (κ3) is 3.34. The van der Waals surface area contributed by atoms with Crippen LogP contribution in [-0.2, 0) is 4.74 Å². The van der Waals surface area contributed by atoms with Gasteiger partial charge in [0.05, 0.1) is 35.1 Å². The van der Waals surface area contributed by atoms with Gasteiger partial charge >= 0.3 is 11.9 Å². The Hall–Kier alpha value is -4.64. The molecule has 0 unspecified atom stereocenters. The first-order valence-corrected chi connectivity index (χ1v) is 9.17. The number of para-hydroxylation sites is 1. The van der Waals surface area contributed by atoms with Crippen LogP contribution in [0.3, 0.4) is 0 Å². The molecule has 31 heavy (non-hydrogen) atoms. The Kier molecular flexibility index (Phi) is 4.85. The lowest BCUT2D eigenvalue weighted by Crippen LogP contribution is -2.11. The van der Waals surface area contributed by atoms with E-state index in [4.69, 9.17) is 10.5 Å². The van der Waals surface area contributed by atoms with Crippen LogP contribution in [0.4, 0.5) is 5.69 Å². The van der Waals surface area contributed by atoms with Gasteiger partial charge in [-0.25, -0.2) is 14.6 Å². The number of pyridine rings is 1. The molecule has 0 aliphatic heterocycles. The van der Waals surface area contributed by atoms with E-state index < -0.39 is 11.9 Å². The van der Waals surface area contributed by atoms with Crippen molar-refractivity contribution in [3.8, 4) is 23.0 Å². The molecule has 8 nitrogen and oxygen atoms in total. The van der Waals surface area contributed by atoms with Crippen LogP contribution in [0.2, 0.25) is 0 Å². The first-order valence-electron chi connectivity index (χ1n) is 9.17. The molecular formula is C23H16N4O4. The van der Waals surface area contributed by atoms with Crippen molar-refractivity contribution in [2.75, 3.05) is 12.8 Å². The van der Waals surface area contributed by atoms with Crippen LogP contribution in [0.1, 0.15) is 26.4 Å². The lowest BCUT2D eigenvalue weighted by molar-refractivity contribution is 0.0592. The molecule has 2 heterocycles. The second-order valence-corrected chi connectivity index (χ2v) is 6.71. The standard InChI is InChI=1S/C23H16N4O4/c1-31-23(30)21-20(25)14(11-24)12-27(21)15-6-4-5-13(9-15)19-10-17(22(28)29)16-7-2-3-8-18(16)26-19/h2-10,12H,25H2,1H3,(H,28,29). The highest BCUT2D eigenvalue weighted by Gasteiger charge is 2.22. The van der Waals surface area contributed by atoms with Crippen molar-refractivity contribution in [2.24, 2.45) is 0 Å². The molecule has 0 bridgehead atoms. The molecule has 0 spiro atoms. The zero-order valence-electron chi connectivity index (χ0n) is 16.4. The number of rotatable bonds is 4. The number of nitrogen functional groups attached to an aromatic ring is 1. The lowest BCUT2D eigenvalue weighted by Gasteiger charge is -2.11. The maximum Gasteiger partial charge on any atom is 0.357 e. The number of methoxy groups -OCH3 is 1. The molecule has 0 atom stereocenters. The van der Waals surface area contributed by atoms with Crippen molar-refractivity contribution in [1.29, 1.82) is 5.26 Å². The summed E-state index contributed by atoms with van der Waals surface area (Å²) < 4.78 is 6.29. The van der Waals surface area contributed by atoms with Crippen LogP contribution in [0, 0.1) is 11.3 Å². The first kappa shape index (κ1) is 19.7. The minimum absolute atomic E-state index is 0.0248. The second-order valence-electron chi connectivity index (χ2n) is 6.71. The van der Waals surface area contributed by atoms with E-state index in [1.807, 2.05) is 6.07 Å². The maximum absolute atomic E-state index is 12.3. The SMILES string of the molecule is COC(=O)c1c(N)c(C#N)cn1-c1cccc(-c2cc(C(=O)O)c3ccccc3n2)c1. The Bertz CT molecular complexity index is 1400. The van der Waals surface area contributed by atoms with Crippen LogP contribution in [0.5, 0.6) is 0 Å². The average molecular weight is 412 g/mol. The number of carbonyl (C=O) groups excluding carboxylic acids is 1. The Morgan fingerprint density at radius 2 is 1.94 bits per heavy atom. The van der Waals surface area contributed by atoms with Gasteiger partial charge in [-0.1, -0.05) is 30.3 Å². The predicted octanol–water partition coefficient (Wildman–Crippen LogP) is 3.63. The van der Waals surface area contributed by atoms with E-state index in [0.717, 1.165) is 0 Å². The molecule has 3 N–H and O–H groups in total. The van der Waals surface area contributed by atoms with E-state index in [1.165, 1.54) is 23.9 Å². The quantitative estimate of drug-likeness (QED) is 0.489. The summed E-state index contributed by atoms with van der Waals surface area (Å²) in [6, 6.07) is 17.5. The second kappa shape index (κ2) is 7.65. The predicted molar refractivity (Wildman–Crippen MR) is 114 cm³/mol. The minimum atomic E-state index is -1.05. The zero-order chi connectivity index (χ0) is 22.1. The van der Waals surface area contributed by atoms with E-state index in [0.29, 0.717) is 27.8 Å². The number of carbonyl (C=O) groups is 2. The number of nitrogens with two attached hydrogens (primary N) is 1. The number of nitrogens with zero attached hydrogens (tertiary/aromatic N) is 3. The fourth-order valence-electron chi connectivity index (χ4n) is 3.43. The van der Waals surface area contributed by atoms with Gasteiger partial charge in [-0.3, -0.25) is 0 Å². The van der Waals surface area contributed by atoms with Crippen molar-refractivity contribution in [3.63, 3.8) is 0 Å². The van der Waals surface area contributed by atoms with E-state index in [-0.39, 0.29) is 22.5 Å². The maximum atomic E-state index is 12.3. The summed E-state index contributed by atoms with van der Waals surface area (Å²) in [6.45, 7) is 0. The summed E-state index contributed by atoms with van der Waals surface area (Å²) in [5, 5.41) is 19.5. The fourth-order valence-corrected chi connectivity index (χ4v) is 3.43. The van der Waals surface area contributed by atoms with Gasteiger partial charge in [0.1, 0.15) is 6.07 Å². The summed E-state index contributed by atoms with van der Waals surface area (Å²) >= 11 is 0. The molecule has 8 heteroatoms. The monoisotopic (exact) mass is 412 g/mol. The third-order valence-corrected chi connectivity index (χ3v) is 4.91. The molecule has 0 saturated heterocycles. The topological polar surface area (TPSA) is 131 Å². The van der Waals surface area contributed by atoms with Crippen LogP contribution < -0.4 is 5.73 Å². The van der Waals surface area contributed by atoms with Crippen molar-refractivity contribution >= 4 is 28.5 Å². The molecule has 4 rings (SSSR count). The van der Waals surface area contributed by atoms with Crippen LogP contribution in [-0.4, -0.2) is 33.7 Å². The molecular weight excluding hydrogens is 396 g/mol. The van der Waals surface area contributed by atoms with Crippen LogP contribution in [0.15, 0.2) is 60.8 Å². The molecule has 4 aromatic rings. The normalized spacial score (nSPS) is 10.6. The average Bonchev–Trinajstić information content (AvgIpc) is 3.14. The molecule has 0 aliphatic rings. The van der Waals surface area contributed by atoms with Crippen molar-refractivity contribution in [1.82, 2.24) is 9.55 Å². The molecule has 0 aliphatic carbocycles. The van der Waals surface area contributed by atoms with Gasteiger partial charge in [-0.15, -0.1) is 0 Å². The summed E-state index contributed by atoms with van der Waals surface area (Å²) in [6.07, 6.45) is 1.46. The Balaban J connectivity index is 1.91. The van der Waals surface area contributed by atoms with E-state index >= 15 is 0 Å².